The molecule has 1 heterocycles. The molecular formula is C7H11IOS2. The lowest BCUT2D eigenvalue weighted by Gasteiger charge is -2.33. The first-order valence-electron chi connectivity index (χ1n) is 3.88. The normalized spacial score (nSPS) is 49.6. The first kappa shape index (κ1) is 8.97. The summed E-state index contributed by atoms with van der Waals surface area (Å²) in [5.74, 6) is 0. The van der Waals surface area contributed by atoms with E-state index in [0.29, 0.717) is 10.9 Å². The molecule has 3 atom stereocenters. The van der Waals surface area contributed by atoms with E-state index in [1.165, 1.54) is 19.3 Å². The first-order valence-corrected chi connectivity index (χ1v) is 6.97. The molecule has 1 aliphatic carbocycles. The largest absolute Gasteiger partial charge is 0.310 e. The zero-order valence-corrected chi connectivity index (χ0v) is 10.2. The number of hydrogen-bond donors (Lipinski definition) is 0. The number of fused-ring (bicyclic) bond motifs is 2. The molecule has 0 aromatic carbocycles. The molecule has 0 aromatic rings. The van der Waals surface area contributed by atoms with Crippen LogP contribution >= 0.6 is 44.6 Å². The van der Waals surface area contributed by atoms with Gasteiger partial charge in [0.05, 0.1) is 10.9 Å². The molecule has 0 radical (unpaired) electrons. The molecule has 0 N–H and O–H groups in total. The fourth-order valence-electron chi connectivity index (χ4n) is 1.85. The lowest BCUT2D eigenvalue weighted by Crippen LogP contribution is -2.41. The quantitative estimate of drug-likeness (QED) is 0.542. The zero-order chi connectivity index (χ0) is 7.90. The highest BCUT2D eigenvalue weighted by Gasteiger charge is 2.50. The Labute approximate surface area is 89.5 Å². The van der Waals surface area contributed by atoms with Crippen LogP contribution < -0.4 is 0 Å². The van der Waals surface area contributed by atoms with Crippen molar-refractivity contribution in [3.63, 3.8) is 0 Å². The van der Waals surface area contributed by atoms with E-state index in [2.05, 4.69) is 29.9 Å². The molecule has 2 rings (SSSR count). The van der Waals surface area contributed by atoms with E-state index < -0.39 is 0 Å². The van der Waals surface area contributed by atoms with Gasteiger partial charge in [0.1, 0.15) is 23.0 Å². The van der Waals surface area contributed by atoms with Gasteiger partial charge in [-0.05, 0) is 19.8 Å². The summed E-state index contributed by atoms with van der Waals surface area (Å²) in [5, 5.41) is 0.760. The average molecular weight is 302 g/mol. The Balaban J connectivity index is 2.18. The Morgan fingerprint density at radius 1 is 1.64 bits per heavy atom. The summed E-state index contributed by atoms with van der Waals surface area (Å²) in [6, 6.07) is 0. The van der Waals surface area contributed by atoms with Gasteiger partial charge in [0.15, 0.2) is 0 Å². The van der Waals surface area contributed by atoms with Crippen LogP contribution in [0.5, 0.6) is 0 Å². The number of halogens is 1. The van der Waals surface area contributed by atoms with Gasteiger partial charge in [-0.3, -0.25) is 0 Å². The summed E-state index contributed by atoms with van der Waals surface area (Å²) < 4.78 is 5.92. The number of hydrogen-bond acceptors (Lipinski definition) is 3. The molecule has 1 aliphatic heterocycles. The summed E-state index contributed by atoms with van der Waals surface area (Å²) in [6.45, 7) is 2.34. The molecule has 0 aromatic heterocycles. The molecule has 64 valence electrons. The Kier molecular flexibility index (Phi) is 2.67. The van der Waals surface area contributed by atoms with E-state index in [1.807, 2.05) is 21.6 Å². The highest BCUT2D eigenvalue weighted by Crippen LogP contribution is 2.59. The minimum Gasteiger partial charge on any atom is -0.310 e. The fourth-order valence-corrected chi connectivity index (χ4v) is 6.98. The van der Waals surface area contributed by atoms with Gasteiger partial charge < -0.3 is 3.07 Å². The van der Waals surface area contributed by atoms with Gasteiger partial charge in [-0.25, -0.2) is 0 Å². The van der Waals surface area contributed by atoms with Crippen molar-refractivity contribution in [1.29, 1.82) is 0 Å². The van der Waals surface area contributed by atoms with Crippen LogP contribution in [0.25, 0.3) is 0 Å². The summed E-state index contributed by atoms with van der Waals surface area (Å²) in [4.78, 5) is 0. The minimum atomic E-state index is 0.411. The lowest BCUT2D eigenvalue weighted by atomic mass is 9.87. The lowest BCUT2D eigenvalue weighted by molar-refractivity contribution is 0.187. The predicted molar refractivity (Wildman–Crippen MR) is 60.1 cm³/mol. The third kappa shape index (κ3) is 1.44. The Morgan fingerprint density at radius 2 is 2.45 bits per heavy atom. The highest BCUT2D eigenvalue weighted by molar-refractivity contribution is 14.1. The van der Waals surface area contributed by atoms with Crippen molar-refractivity contribution in [2.45, 2.75) is 42.3 Å². The molecular weight excluding hydrogens is 291 g/mol. The van der Waals surface area contributed by atoms with Crippen molar-refractivity contribution < 1.29 is 3.07 Å². The Hall–Kier alpha value is 1.39. The topological polar surface area (TPSA) is 9.23 Å². The second-order valence-corrected chi connectivity index (χ2v) is 6.92. The molecule has 2 bridgehead atoms. The van der Waals surface area contributed by atoms with E-state index in [-0.39, 0.29) is 0 Å². The Morgan fingerprint density at radius 3 is 3.00 bits per heavy atom. The molecule has 4 heteroatoms. The maximum Gasteiger partial charge on any atom is 0.110 e. The van der Waals surface area contributed by atoms with Crippen LogP contribution in [0.2, 0.25) is 0 Å². The second kappa shape index (κ2) is 3.27. The maximum absolute atomic E-state index is 5.51. The third-order valence-electron chi connectivity index (χ3n) is 2.56. The molecule has 1 saturated heterocycles. The van der Waals surface area contributed by atoms with Crippen LogP contribution in [0.1, 0.15) is 26.2 Å². The van der Waals surface area contributed by atoms with E-state index in [0.717, 1.165) is 5.25 Å². The van der Waals surface area contributed by atoms with Crippen molar-refractivity contribution >= 4 is 44.6 Å². The molecule has 2 aliphatic rings. The molecule has 3 unspecified atom stereocenters. The van der Waals surface area contributed by atoms with E-state index in [1.54, 1.807) is 0 Å². The van der Waals surface area contributed by atoms with E-state index in [4.69, 9.17) is 3.07 Å². The van der Waals surface area contributed by atoms with Crippen LogP contribution in [0.4, 0.5) is 0 Å². The van der Waals surface area contributed by atoms with Crippen LogP contribution in [0.3, 0.4) is 0 Å². The zero-order valence-electron chi connectivity index (χ0n) is 6.38. The molecule has 0 spiro atoms. The highest BCUT2D eigenvalue weighted by atomic mass is 127. The fraction of sp³-hybridized carbons (Fsp3) is 1.00. The molecule has 1 nitrogen and oxygen atoms in total. The van der Waals surface area contributed by atoms with Crippen molar-refractivity contribution in [2.75, 3.05) is 0 Å². The SMILES string of the molecule is CC12CCCC(SS1)C2OI. The Bertz CT molecular complexity index is 163. The van der Waals surface area contributed by atoms with Gasteiger partial charge in [0, 0.05) is 5.25 Å². The van der Waals surface area contributed by atoms with E-state index >= 15 is 0 Å². The van der Waals surface area contributed by atoms with Crippen LogP contribution in [0, 0.1) is 0 Å². The van der Waals surface area contributed by atoms with Crippen LogP contribution in [0.15, 0.2) is 0 Å². The number of rotatable bonds is 1. The standard InChI is InChI=1S/C7H11IOS2/c1-7-4-2-3-5(10-11-7)6(7)9-8/h5-6H,2-4H2,1H3. The van der Waals surface area contributed by atoms with Crippen LogP contribution in [-0.2, 0) is 3.07 Å². The van der Waals surface area contributed by atoms with Gasteiger partial charge in [-0.2, -0.15) is 0 Å². The van der Waals surface area contributed by atoms with Gasteiger partial charge >= 0.3 is 0 Å². The first-order chi connectivity index (χ1) is 5.26. The van der Waals surface area contributed by atoms with Crippen LogP contribution in [-0.4, -0.2) is 16.1 Å². The second-order valence-electron chi connectivity index (χ2n) is 3.43. The van der Waals surface area contributed by atoms with E-state index in [9.17, 15) is 0 Å². The summed E-state index contributed by atoms with van der Waals surface area (Å²) in [7, 11) is 4.07. The molecule has 1 saturated carbocycles. The minimum absolute atomic E-state index is 0.411. The van der Waals surface area contributed by atoms with Crippen molar-refractivity contribution in [2.24, 2.45) is 0 Å². The third-order valence-corrected chi connectivity index (χ3v) is 6.92. The van der Waals surface area contributed by atoms with Crippen molar-refractivity contribution in [3.05, 3.63) is 0 Å². The van der Waals surface area contributed by atoms with Gasteiger partial charge in [0.25, 0.3) is 0 Å². The molecule has 0 amide bonds. The summed E-state index contributed by atoms with van der Waals surface area (Å²) in [6.07, 6.45) is 4.56. The summed E-state index contributed by atoms with van der Waals surface area (Å²) >= 11 is 2.06. The summed E-state index contributed by atoms with van der Waals surface area (Å²) in [5.41, 5.74) is 0. The predicted octanol–water partition coefficient (Wildman–Crippen LogP) is 3.43. The van der Waals surface area contributed by atoms with Crippen molar-refractivity contribution in [3.8, 4) is 0 Å². The smallest absolute Gasteiger partial charge is 0.110 e. The average Bonchev–Trinajstić information content (AvgIpc) is 2.16. The monoisotopic (exact) mass is 302 g/mol. The molecule has 2 fully saturated rings. The van der Waals surface area contributed by atoms with Gasteiger partial charge in [-0.1, -0.05) is 28.0 Å². The van der Waals surface area contributed by atoms with Gasteiger partial charge in [-0.15, -0.1) is 0 Å². The molecule has 11 heavy (non-hydrogen) atoms. The van der Waals surface area contributed by atoms with Gasteiger partial charge in [0.2, 0.25) is 0 Å². The van der Waals surface area contributed by atoms with Crippen molar-refractivity contribution in [1.82, 2.24) is 0 Å². The maximum atomic E-state index is 5.51.